The van der Waals surface area contributed by atoms with Crippen LogP contribution in [0.5, 0.6) is 0 Å². The minimum absolute atomic E-state index is 0.195. The average molecular weight is 332 g/mol. The Morgan fingerprint density at radius 2 is 2.25 bits per heavy atom. The molecule has 0 aliphatic rings. The minimum atomic E-state index is -0.195. The van der Waals surface area contributed by atoms with Crippen molar-refractivity contribution < 1.29 is 4.79 Å². The van der Waals surface area contributed by atoms with Crippen LogP contribution >= 0.6 is 15.9 Å². The molecule has 3 aromatic rings. The highest BCUT2D eigenvalue weighted by molar-refractivity contribution is 9.10. The molecule has 0 aliphatic carbocycles. The van der Waals surface area contributed by atoms with Crippen LogP contribution in [0.25, 0.3) is 5.69 Å². The van der Waals surface area contributed by atoms with Crippen LogP contribution in [0, 0.1) is 0 Å². The molecule has 0 unspecified atom stereocenters. The van der Waals surface area contributed by atoms with Gasteiger partial charge in [0.05, 0.1) is 28.2 Å². The largest absolute Gasteiger partial charge is 0.319 e. The zero-order chi connectivity index (χ0) is 13.9. The molecule has 100 valence electrons. The third-order valence-corrected chi connectivity index (χ3v) is 3.09. The van der Waals surface area contributed by atoms with Gasteiger partial charge in [-0.2, -0.15) is 10.2 Å². The van der Waals surface area contributed by atoms with E-state index in [1.54, 1.807) is 35.4 Å². The number of hydrogen-bond donors (Lipinski definition) is 2. The van der Waals surface area contributed by atoms with E-state index < -0.39 is 0 Å². The number of nitrogens with zero attached hydrogens (tertiary/aromatic N) is 3. The van der Waals surface area contributed by atoms with Crippen molar-refractivity contribution in [2.24, 2.45) is 0 Å². The monoisotopic (exact) mass is 331 g/mol. The summed E-state index contributed by atoms with van der Waals surface area (Å²) < 4.78 is 2.57. The molecule has 6 nitrogen and oxygen atoms in total. The number of aromatic amines is 1. The molecule has 3 rings (SSSR count). The van der Waals surface area contributed by atoms with Gasteiger partial charge in [0.1, 0.15) is 0 Å². The molecule has 2 aromatic heterocycles. The van der Waals surface area contributed by atoms with Gasteiger partial charge in [0, 0.05) is 18.0 Å². The molecule has 0 atom stereocenters. The van der Waals surface area contributed by atoms with Crippen LogP contribution in [0.2, 0.25) is 0 Å². The number of rotatable bonds is 3. The summed E-state index contributed by atoms with van der Waals surface area (Å²) in [6.07, 6.45) is 6.68. The molecule has 0 radical (unpaired) electrons. The lowest BCUT2D eigenvalue weighted by molar-refractivity contribution is 0.102. The second-order valence-electron chi connectivity index (χ2n) is 4.09. The van der Waals surface area contributed by atoms with Gasteiger partial charge in [-0.15, -0.1) is 0 Å². The fourth-order valence-corrected chi connectivity index (χ4v) is 2.04. The number of nitrogens with one attached hydrogen (secondary N) is 2. The highest BCUT2D eigenvalue weighted by Crippen LogP contribution is 2.15. The van der Waals surface area contributed by atoms with Crippen molar-refractivity contribution in [2.45, 2.75) is 0 Å². The summed E-state index contributed by atoms with van der Waals surface area (Å²) in [5.41, 5.74) is 1.99. The van der Waals surface area contributed by atoms with Crippen LogP contribution in [-0.2, 0) is 0 Å². The minimum Gasteiger partial charge on any atom is -0.319 e. The Balaban J connectivity index is 1.85. The molecule has 7 heteroatoms. The molecule has 0 spiro atoms. The lowest BCUT2D eigenvalue weighted by atomic mass is 10.2. The zero-order valence-corrected chi connectivity index (χ0v) is 11.8. The first-order chi connectivity index (χ1) is 9.72. The number of carbonyl (C=O) groups excluding carboxylic acids is 1. The van der Waals surface area contributed by atoms with Gasteiger partial charge in [0.25, 0.3) is 5.91 Å². The molecule has 1 amide bonds. The molecule has 0 fully saturated rings. The third kappa shape index (κ3) is 2.62. The van der Waals surface area contributed by atoms with Crippen LogP contribution in [0.3, 0.4) is 0 Å². The summed E-state index contributed by atoms with van der Waals surface area (Å²) in [6, 6.07) is 7.22. The van der Waals surface area contributed by atoms with Crippen molar-refractivity contribution in [3.8, 4) is 5.69 Å². The summed E-state index contributed by atoms with van der Waals surface area (Å²) >= 11 is 3.34. The van der Waals surface area contributed by atoms with Crippen molar-refractivity contribution in [1.82, 2.24) is 20.0 Å². The number of hydrogen-bond acceptors (Lipinski definition) is 3. The Bertz CT molecular complexity index is 735. The summed E-state index contributed by atoms with van der Waals surface area (Å²) in [5.74, 6) is -0.195. The van der Waals surface area contributed by atoms with E-state index >= 15 is 0 Å². The van der Waals surface area contributed by atoms with E-state index in [0.717, 1.165) is 10.2 Å². The second kappa shape index (κ2) is 5.30. The standard InChI is InChI=1S/C13H10BrN5O/c14-10-5-17-19(8-10)12-3-1-2-9(4-12)13(20)18-11-6-15-16-7-11/h1-8H,(H,15,16)(H,18,20). The maximum Gasteiger partial charge on any atom is 0.255 e. The lowest BCUT2D eigenvalue weighted by Crippen LogP contribution is -2.11. The maximum atomic E-state index is 12.1. The number of aromatic nitrogens is 4. The summed E-state index contributed by atoms with van der Waals surface area (Å²) in [5, 5.41) is 13.4. The molecule has 0 saturated carbocycles. The number of halogens is 1. The Labute approximate surface area is 122 Å². The van der Waals surface area contributed by atoms with E-state index in [1.165, 1.54) is 0 Å². The van der Waals surface area contributed by atoms with Gasteiger partial charge in [0.15, 0.2) is 0 Å². The molecule has 1 aromatic carbocycles. The normalized spacial score (nSPS) is 10.4. The fourth-order valence-electron chi connectivity index (χ4n) is 1.75. The van der Waals surface area contributed by atoms with E-state index in [1.807, 2.05) is 18.3 Å². The summed E-state index contributed by atoms with van der Waals surface area (Å²) in [6.45, 7) is 0. The molecule has 0 bridgehead atoms. The number of H-pyrrole nitrogens is 1. The maximum absolute atomic E-state index is 12.1. The first-order valence-electron chi connectivity index (χ1n) is 5.83. The molecular weight excluding hydrogens is 322 g/mol. The van der Waals surface area contributed by atoms with Gasteiger partial charge < -0.3 is 5.32 Å². The fraction of sp³-hybridized carbons (Fsp3) is 0. The smallest absolute Gasteiger partial charge is 0.255 e. The molecule has 0 saturated heterocycles. The predicted molar refractivity (Wildman–Crippen MR) is 77.8 cm³/mol. The number of benzene rings is 1. The van der Waals surface area contributed by atoms with E-state index in [0.29, 0.717) is 11.3 Å². The molecule has 20 heavy (non-hydrogen) atoms. The van der Waals surface area contributed by atoms with Gasteiger partial charge in [-0.3, -0.25) is 9.89 Å². The first kappa shape index (κ1) is 12.6. The van der Waals surface area contributed by atoms with Crippen molar-refractivity contribution in [3.05, 3.63) is 59.1 Å². The van der Waals surface area contributed by atoms with Gasteiger partial charge >= 0.3 is 0 Å². The van der Waals surface area contributed by atoms with E-state index in [4.69, 9.17) is 0 Å². The highest BCUT2D eigenvalue weighted by atomic mass is 79.9. The quantitative estimate of drug-likeness (QED) is 0.774. The van der Waals surface area contributed by atoms with Crippen molar-refractivity contribution in [2.75, 3.05) is 5.32 Å². The molecule has 2 heterocycles. The Morgan fingerprint density at radius 1 is 1.35 bits per heavy atom. The van der Waals surface area contributed by atoms with Crippen LogP contribution in [0.1, 0.15) is 10.4 Å². The highest BCUT2D eigenvalue weighted by Gasteiger charge is 2.08. The van der Waals surface area contributed by atoms with Gasteiger partial charge in [0.2, 0.25) is 0 Å². The predicted octanol–water partition coefficient (Wildman–Crippen LogP) is 2.61. The van der Waals surface area contributed by atoms with Crippen LogP contribution in [-0.4, -0.2) is 25.9 Å². The van der Waals surface area contributed by atoms with Crippen molar-refractivity contribution in [1.29, 1.82) is 0 Å². The van der Waals surface area contributed by atoms with Gasteiger partial charge in [-0.25, -0.2) is 4.68 Å². The molecular formula is C13H10BrN5O. The number of carbonyl (C=O) groups is 1. The molecule has 0 aliphatic heterocycles. The molecule has 2 N–H and O–H groups in total. The van der Waals surface area contributed by atoms with Crippen LogP contribution in [0.4, 0.5) is 5.69 Å². The van der Waals surface area contributed by atoms with E-state index in [-0.39, 0.29) is 5.91 Å². The lowest BCUT2D eigenvalue weighted by Gasteiger charge is -2.05. The zero-order valence-electron chi connectivity index (χ0n) is 10.2. The Morgan fingerprint density at radius 3 is 2.95 bits per heavy atom. The van der Waals surface area contributed by atoms with Crippen molar-refractivity contribution >= 4 is 27.5 Å². The summed E-state index contributed by atoms with van der Waals surface area (Å²) in [4.78, 5) is 12.1. The van der Waals surface area contributed by atoms with E-state index in [2.05, 4.69) is 36.5 Å². The van der Waals surface area contributed by atoms with Gasteiger partial charge in [-0.1, -0.05) is 6.07 Å². The average Bonchev–Trinajstić information content (AvgIpc) is 3.10. The number of amides is 1. The van der Waals surface area contributed by atoms with Gasteiger partial charge in [-0.05, 0) is 34.1 Å². The SMILES string of the molecule is O=C(Nc1cn[nH]c1)c1cccc(-n2cc(Br)cn2)c1. The summed E-state index contributed by atoms with van der Waals surface area (Å²) in [7, 11) is 0. The second-order valence-corrected chi connectivity index (χ2v) is 5.01. The van der Waals surface area contributed by atoms with Crippen LogP contribution in [0.15, 0.2) is 53.5 Å². The number of anilines is 1. The topological polar surface area (TPSA) is 75.6 Å². The van der Waals surface area contributed by atoms with Crippen LogP contribution < -0.4 is 5.32 Å². The third-order valence-electron chi connectivity index (χ3n) is 2.68. The Hall–Kier alpha value is -2.41. The Kier molecular flexibility index (Phi) is 3.34. The first-order valence-corrected chi connectivity index (χ1v) is 6.62. The van der Waals surface area contributed by atoms with E-state index in [9.17, 15) is 4.79 Å². The van der Waals surface area contributed by atoms with Crippen molar-refractivity contribution in [3.63, 3.8) is 0 Å².